The molecule has 0 saturated carbocycles. The van der Waals surface area contributed by atoms with E-state index in [1.807, 2.05) is 0 Å². The monoisotopic (exact) mass is 244 g/mol. The number of aliphatic carboxylic acids is 1. The Morgan fingerprint density at radius 1 is 1.50 bits per heavy atom. The Bertz CT molecular complexity index is 417. The van der Waals surface area contributed by atoms with Crippen LogP contribution < -0.4 is 68.0 Å². The number of nitrogens with two attached hydrogens (primary N) is 2. The van der Waals surface area contributed by atoms with Gasteiger partial charge in [0.2, 0.25) is 0 Å². The summed E-state index contributed by atoms with van der Waals surface area (Å²) < 4.78 is 0. The van der Waals surface area contributed by atoms with Crippen molar-refractivity contribution in [3.05, 3.63) is 42.0 Å². The third-order valence-corrected chi connectivity index (χ3v) is 1.54. The van der Waals surface area contributed by atoms with Gasteiger partial charge in [-0.25, -0.2) is 4.99 Å². The summed E-state index contributed by atoms with van der Waals surface area (Å²) in [6, 6.07) is 5.01. The van der Waals surface area contributed by atoms with Crippen molar-refractivity contribution >= 4 is 11.8 Å². The molecule has 0 saturated heterocycles. The van der Waals surface area contributed by atoms with E-state index in [2.05, 4.69) is 9.98 Å². The summed E-state index contributed by atoms with van der Waals surface area (Å²) in [6.07, 6.45) is 2.33. The minimum atomic E-state index is -1.49. The summed E-state index contributed by atoms with van der Waals surface area (Å²) in [5.41, 5.74) is 10.5. The van der Waals surface area contributed by atoms with Gasteiger partial charge in [0.05, 0.1) is 5.97 Å². The second-order valence-corrected chi connectivity index (χ2v) is 2.55. The maximum Gasteiger partial charge on any atom is 1.00 e. The first-order chi connectivity index (χ1) is 7.15. The third kappa shape index (κ3) is 4.41. The number of hydrogen-bond donors (Lipinski definition) is 2. The topological polar surface area (TPSA) is 117 Å². The summed E-state index contributed by atoms with van der Waals surface area (Å²) >= 11 is 0. The standard InChI is InChI=1S/C9H10N4O2.K/c10-5-7(9(14)15)13-8(11)6-3-1-2-4-12-6;/h1-5H,10H2,(H2,11,13)(H,14,15);/q;+1/p-1/b7-5-;. The Balaban J connectivity index is 0.00000225. The van der Waals surface area contributed by atoms with E-state index < -0.39 is 11.7 Å². The molecule has 16 heavy (non-hydrogen) atoms. The Kier molecular flexibility index (Phi) is 7.18. The summed E-state index contributed by atoms with van der Waals surface area (Å²) in [6.45, 7) is 0. The molecule has 1 aromatic rings. The van der Waals surface area contributed by atoms with E-state index in [-0.39, 0.29) is 57.2 Å². The number of pyridine rings is 1. The molecule has 1 rings (SSSR count). The number of nitrogens with zero attached hydrogens (tertiary/aromatic N) is 2. The number of amidine groups is 1. The van der Waals surface area contributed by atoms with Gasteiger partial charge >= 0.3 is 51.4 Å². The molecule has 0 aliphatic carbocycles. The van der Waals surface area contributed by atoms with Gasteiger partial charge in [0.1, 0.15) is 17.2 Å². The van der Waals surface area contributed by atoms with Gasteiger partial charge in [-0.2, -0.15) is 0 Å². The van der Waals surface area contributed by atoms with Crippen LogP contribution in [0.2, 0.25) is 0 Å². The summed E-state index contributed by atoms with van der Waals surface area (Å²) in [5, 5.41) is 10.5. The quantitative estimate of drug-likeness (QED) is 0.240. The second kappa shape index (κ2) is 7.53. The fourth-order valence-corrected chi connectivity index (χ4v) is 0.852. The van der Waals surface area contributed by atoms with Gasteiger partial charge in [-0.05, 0) is 12.1 Å². The molecular formula is C9H9KN4O2. The Morgan fingerprint density at radius 2 is 2.19 bits per heavy atom. The van der Waals surface area contributed by atoms with Crippen LogP contribution in [0.15, 0.2) is 41.3 Å². The molecular weight excluding hydrogens is 235 g/mol. The molecule has 0 unspecified atom stereocenters. The van der Waals surface area contributed by atoms with Crippen molar-refractivity contribution in [1.82, 2.24) is 4.98 Å². The minimum absolute atomic E-state index is 0. The summed E-state index contributed by atoms with van der Waals surface area (Å²) in [4.78, 5) is 17.9. The van der Waals surface area contributed by atoms with Gasteiger partial charge in [-0.15, -0.1) is 0 Å². The van der Waals surface area contributed by atoms with E-state index >= 15 is 0 Å². The van der Waals surface area contributed by atoms with Crippen molar-refractivity contribution in [2.75, 3.05) is 0 Å². The normalized spacial score (nSPS) is 11.8. The number of carboxylic acids is 1. The molecule has 0 aliphatic rings. The van der Waals surface area contributed by atoms with Gasteiger partial charge in [0.15, 0.2) is 0 Å². The van der Waals surface area contributed by atoms with Crippen molar-refractivity contribution in [3.63, 3.8) is 0 Å². The first kappa shape index (κ1) is 15.3. The molecule has 6 nitrogen and oxygen atoms in total. The molecule has 0 spiro atoms. The molecule has 0 atom stereocenters. The van der Waals surface area contributed by atoms with Gasteiger partial charge in [-0.3, -0.25) is 4.98 Å². The minimum Gasteiger partial charge on any atom is -0.543 e. The van der Waals surface area contributed by atoms with E-state index in [0.29, 0.717) is 5.69 Å². The fraction of sp³-hybridized carbons (Fsp3) is 0. The number of carbonyl (C=O) groups excluding carboxylic acids is 1. The summed E-state index contributed by atoms with van der Waals surface area (Å²) in [7, 11) is 0. The molecule has 0 aliphatic heterocycles. The number of rotatable bonds is 3. The zero-order valence-electron chi connectivity index (χ0n) is 8.75. The van der Waals surface area contributed by atoms with Crippen LogP contribution in [0, 0.1) is 0 Å². The molecule has 1 heterocycles. The van der Waals surface area contributed by atoms with E-state index in [4.69, 9.17) is 11.5 Å². The number of aliphatic imine (C=N–C) groups is 1. The van der Waals surface area contributed by atoms with Crippen LogP contribution in [0.4, 0.5) is 0 Å². The average Bonchev–Trinajstić information content (AvgIpc) is 2.26. The molecule has 0 aromatic carbocycles. The molecule has 7 heteroatoms. The summed E-state index contributed by atoms with van der Waals surface area (Å²) in [5.74, 6) is -1.52. The fourth-order valence-electron chi connectivity index (χ4n) is 0.852. The van der Waals surface area contributed by atoms with Gasteiger partial charge < -0.3 is 21.4 Å². The van der Waals surface area contributed by atoms with Gasteiger partial charge in [0.25, 0.3) is 0 Å². The number of carbonyl (C=O) groups is 1. The zero-order valence-corrected chi connectivity index (χ0v) is 11.9. The number of aromatic nitrogens is 1. The molecule has 1 aromatic heterocycles. The molecule has 4 N–H and O–H groups in total. The van der Waals surface area contributed by atoms with E-state index in [9.17, 15) is 9.90 Å². The van der Waals surface area contributed by atoms with E-state index in [1.165, 1.54) is 6.20 Å². The Hall–Kier alpha value is -0.734. The van der Waals surface area contributed by atoms with Crippen molar-refractivity contribution in [1.29, 1.82) is 0 Å². The molecule has 0 radical (unpaired) electrons. The van der Waals surface area contributed by atoms with E-state index in [0.717, 1.165) is 6.20 Å². The van der Waals surface area contributed by atoms with Crippen molar-refractivity contribution in [2.24, 2.45) is 16.5 Å². The van der Waals surface area contributed by atoms with Gasteiger partial charge in [-0.1, -0.05) is 6.07 Å². The maximum atomic E-state index is 10.5. The SMILES string of the molecule is N/C=C(\N=C(N)c1ccccn1)C(=O)[O-].[K+]. The molecule has 0 fully saturated rings. The van der Waals surface area contributed by atoms with Crippen LogP contribution in [0.1, 0.15) is 5.69 Å². The smallest absolute Gasteiger partial charge is 0.543 e. The van der Waals surface area contributed by atoms with E-state index in [1.54, 1.807) is 18.2 Å². The molecule has 0 amide bonds. The van der Waals surface area contributed by atoms with Crippen LogP contribution in [0.5, 0.6) is 0 Å². The van der Waals surface area contributed by atoms with Gasteiger partial charge in [0, 0.05) is 12.4 Å². The predicted molar refractivity (Wildman–Crippen MR) is 52.2 cm³/mol. The maximum absolute atomic E-state index is 10.5. The Labute approximate surface area is 135 Å². The molecule has 0 bridgehead atoms. The average molecular weight is 244 g/mol. The second-order valence-electron chi connectivity index (χ2n) is 2.55. The Morgan fingerprint density at radius 3 is 2.62 bits per heavy atom. The number of hydrogen-bond acceptors (Lipinski definition) is 5. The zero-order chi connectivity index (χ0) is 11.3. The first-order valence-electron chi connectivity index (χ1n) is 4.04. The molecule has 78 valence electrons. The van der Waals surface area contributed by atoms with Crippen molar-refractivity contribution in [3.8, 4) is 0 Å². The van der Waals surface area contributed by atoms with Crippen LogP contribution >= 0.6 is 0 Å². The number of carboxylic acid groups (broad SMARTS) is 1. The van der Waals surface area contributed by atoms with Crippen LogP contribution in [-0.4, -0.2) is 16.8 Å². The van der Waals surface area contributed by atoms with Crippen molar-refractivity contribution < 1.29 is 61.3 Å². The first-order valence-corrected chi connectivity index (χ1v) is 4.04. The van der Waals surface area contributed by atoms with Crippen LogP contribution in [0.3, 0.4) is 0 Å². The third-order valence-electron chi connectivity index (χ3n) is 1.54. The largest absolute Gasteiger partial charge is 1.00 e. The van der Waals surface area contributed by atoms with Crippen LogP contribution in [-0.2, 0) is 4.79 Å². The van der Waals surface area contributed by atoms with Crippen LogP contribution in [0.25, 0.3) is 0 Å². The van der Waals surface area contributed by atoms with Crippen molar-refractivity contribution in [2.45, 2.75) is 0 Å². The predicted octanol–water partition coefficient (Wildman–Crippen LogP) is -4.66.